The second-order valence-electron chi connectivity index (χ2n) is 5.54. The number of nitrogens with one attached hydrogen (secondary N) is 2. The van der Waals surface area contributed by atoms with Crippen LogP contribution in [0.5, 0.6) is 0 Å². The van der Waals surface area contributed by atoms with Crippen molar-refractivity contribution in [2.75, 3.05) is 26.2 Å². The molecule has 0 aliphatic heterocycles. The highest BCUT2D eigenvalue weighted by Gasteiger charge is 2.17. The van der Waals surface area contributed by atoms with Crippen LogP contribution in [0.2, 0.25) is 0 Å². The zero-order valence-electron chi connectivity index (χ0n) is 12.4. The lowest BCUT2D eigenvalue weighted by molar-refractivity contribution is 0.0521. The van der Waals surface area contributed by atoms with E-state index < -0.39 is 11.7 Å². The molecule has 6 heteroatoms. The fourth-order valence-electron chi connectivity index (χ4n) is 1.60. The average Bonchev–Trinajstić information content (AvgIpc) is 2.30. The van der Waals surface area contributed by atoms with E-state index in [1.54, 1.807) is 0 Å². The van der Waals surface area contributed by atoms with Gasteiger partial charge < -0.3 is 26.2 Å². The lowest BCUT2D eigenvalue weighted by Crippen LogP contribution is -2.43. The first kappa shape index (κ1) is 18.1. The third-order valence-corrected chi connectivity index (χ3v) is 2.44. The second kappa shape index (κ2) is 10.00. The number of nitrogens with two attached hydrogens (primary N) is 1. The van der Waals surface area contributed by atoms with Gasteiger partial charge >= 0.3 is 6.09 Å². The van der Waals surface area contributed by atoms with Crippen LogP contribution >= 0.6 is 0 Å². The molecule has 6 nitrogen and oxygen atoms in total. The minimum Gasteiger partial charge on any atom is -0.444 e. The molecule has 0 aliphatic carbocycles. The Hall–Kier alpha value is -0.850. The molecule has 0 spiro atoms. The summed E-state index contributed by atoms with van der Waals surface area (Å²) in [6, 6.07) is 0.131. The summed E-state index contributed by atoms with van der Waals surface area (Å²) in [5.74, 6) is 0. The Kier molecular flexibility index (Phi) is 9.55. The predicted octanol–water partition coefficient (Wildman–Crippen LogP) is 0.591. The summed E-state index contributed by atoms with van der Waals surface area (Å²) in [5, 5.41) is 14.7. The van der Waals surface area contributed by atoms with Crippen molar-refractivity contribution in [3.05, 3.63) is 0 Å². The molecule has 1 amide bonds. The number of amides is 1. The maximum absolute atomic E-state index is 11.5. The normalized spacial score (nSPS) is 13.1. The topological polar surface area (TPSA) is 96.6 Å². The zero-order valence-corrected chi connectivity index (χ0v) is 12.4. The van der Waals surface area contributed by atoms with Crippen molar-refractivity contribution in [3.8, 4) is 0 Å². The van der Waals surface area contributed by atoms with Crippen LogP contribution < -0.4 is 16.4 Å². The number of carbonyl (C=O) groups excluding carboxylic acids is 1. The molecule has 1 unspecified atom stereocenters. The fraction of sp³-hybridized carbons (Fsp3) is 0.923. The smallest absolute Gasteiger partial charge is 0.407 e. The number of hydrogen-bond acceptors (Lipinski definition) is 5. The van der Waals surface area contributed by atoms with Gasteiger partial charge in [0.2, 0.25) is 0 Å². The third-order valence-electron chi connectivity index (χ3n) is 2.44. The molecule has 0 saturated heterocycles. The van der Waals surface area contributed by atoms with Crippen molar-refractivity contribution in [3.63, 3.8) is 0 Å². The molecule has 0 bridgehead atoms. The summed E-state index contributed by atoms with van der Waals surface area (Å²) in [4.78, 5) is 11.5. The molecule has 114 valence electrons. The fourth-order valence-corrected chi connectivity index (χ4v) is 1.60. The Bertz CT molecular complexity index is 242. The predicted molar refractivity (Wildman–Crippen MR) is 76.0 cm³/mol. The van der Waals surface area contributed by atoms with E-state index in [-0.39, 0.29) is 12.6 Å². The van der Waals surface area contributed by atoms with Gasteiger partial charge in [-0.1, -0.05) is 6.42 Å². The summed E-state index contributed by atoms with van der Waals surface area (Å²) in [6.07, 6.45) is 2.45. The van der Waals surface area contributed by atoms with E-state index in [1.807, 2.05) is 20.8 Å². The van der Waals surface area contributed by atoms with Gasteiger partial charge in [-0.25, -0.2) is 4.79 Å². The summed E-state index contributed by atoms with van der Waals surface area (Å²) in [6.45, 7) is 7.24. The van der Waals surface area contributed by atoms with Crippen LogP contribution in [0, 0.1) is 0 Å². The SMILES string of the molecule is CC(C)(C)OC(=O)NCC(CCCCN)NCCO. The maximum atomic E-state index is 11.5. The minimum atomic E-state index is -0.488. The van der Waals surface area contributed by atoms with Crippen molar-refractivity contribution in [2.45, 2.75) is 51.7 Å². The molecule has 0 rings (SSSR count). The van der Waals surface area contributed by atoms with Gasteiger partial charge in [-0.05, 0) is 40.2 Å². The highest BCUT2D eigenvalue weighted by Crippen LogP contribution is 2.06. The summed E-state index contributed by atoms with van der Waals surface area (Å²) < 4.78 is 5.17. The lowest BCUT2D eigenvalue weighted by atomic mass is 10.1. The van der Waals surface area contributed by atoms with Gasteiger partial charge in [0.15, 0.2) is 0 Å². The van der Waals surface area contributed by atoms with E-state index in [2.05, 4.69) is 10.6 Å². The first-order valence-electron chi connectivity index (χ1n) is 6.90. The van der Waals surface area contributed by atoms with Gasteiger partial charge in [-0.2, -0.15) is 0 Å². The third kappa shape index (κ3) is 11.9. The van der Waals surface area contributed by atoms with Crippen LogP contribution in [0.25, 0.3) is 0 Å². The van der Waals surface area contributed by atoms with Gasteiger partial charge in [0.1, 0.15) is 5.60 Å². The van der Waals surface area contributed by atoms with Gasteiger partial charge in [-0.3, -0.25) is 0 Å². The van der Waals surface area contributed by atoms with Crippen LogP contribution in [-0.4, -0.2) is 49.1 Å². The summed E-state index contributed by atoms with van der Waals surface area (Å²) in [5.41, 5.74) is 4.97. The second-order valence-corrected chi connectivity index (χ2v) is 5.54. The Morgan fingerprint density at radius 3 is 2.58 bits per heavy atom. The van der Waals surface area contributed by atoms with Crippen molar-refractivity contribution in [1.29, 1.82) is 0 Å². The van der Waals surface area contributed by atoms with E-state index in [9.17, 15) is 4.79 Å². The molecule has 0 fully saturated rings. The number of hydrogen-bond donors (Lipinski definition) is 4. The molecule has 0 radical (unpaired) electrons. The van der Waals surface area contributed by atoms with E-state index >= 15 is 0 Å². The van der Waals surface area contributed by atoms with Gasteiger partial charge in [0.05, 0.1) is 6.61 Å². The molecule has 0 aromatic rings. The van der Waals surface area contributed by atoms with Crippen molar-refractivity contribution in [1.82, 2.24) is 10.6 Å². The quantitative estimate of drug-likeness (QED) is 0.462. The zero-order chi connectivity index (χ0) is 14.7. The van der Waals surface area contributed by atoms with Crippen molar-refractivity contribution < 1.29 is 14.6 Å². The van der Waals surface area contributed by atoms with Gasteiger partial charge in [0, 0.05) is 19.1 Å². The summed E-state index contributed by atoms with van der Waals surface area (Å²) >= 11 is 0. The highest BCUT2D eigenvalue weighted by atomic mass is 16.6. The van der Waals surface area contributed by atoms with Crippen LogP contribution in [0.4, 0.5) is 4.79 Å². The molecule has 19 heavy (non-hydrogen) atoms. The van der Waals surface area contributed by atoms with E-state index in [4.69, 9.17) is 15.6 Å². The molecule has 5 N–H and O–H groups in total. The Morgan fingerprint density at radius 2 is 2.05 bits per heavy atom. The molecule has 0 aromatic carbocycles. The highest BCUT2D eigenvalue weighted by molar-refractivity contribution is 5.67. The summed E-state index contributed by atoms with van der Waals surface area (Å²) in [7, 11) is 0. The first-order valence-corrected chi connectivity index (χ1v) is 6.90. The van der Waals surface area contributed by atoms with E-state index in [0.717, 1.165) is 19.3 Å². The van der Waals surface area contributed by atoms with Crippen molar-refractivity contribution in [2.24, 2.45) is 5.73 Å². The van der Waals surface area contributed by atoms with E-state index in [0.29, 0.717) is 19.6 Å². The number of alkyl carbamates (subject to hydrolysis) is 1. The average molecular weight is 275 g/mol. The standard InChI is InChI=1S/C13H29N3O3/c1-13(2,3)19-12(18)16-10-11(15-8-9-17)6-4-5-7-14/h11,15,17H,4-10,14H2,1-3H3,(H,16,18). The molecule has 0 saturated carbocycles. The molecule has 0 heterocycles. The largest absolute Gasteiger partial charge is 0.444 e. The number of ether oxygens (including phenoxy) is 1. The van der Waals surface area contributed by atoms with E-state index in [1.165, 1.54) is 0 Å². The number of aliphatic hydroxyl groups is 1. The molecular weight excluding hydrogens is 246 g/mol. The minimum absolute atomic E-state index is 0.0832. The Labute approximate surface area is 116 Å². The molecule has 0 aliphatic rings. The molecule has 0 aromatic heterocycles. The lowest BCUT2D eigenvalue weighted by Gasteiger charge is -2.22. The first-order chi connectivity index (χ1) is 8.89. The molecular formula is C13H29N3O3. The van der Waals surface area contributed by atoms with Crippen LogP contribution in [-0.2, 0) is 4.74 Å². The molecule has 1 atom stereocenters. The number of carbonyl (C=O) groups is 1. The number of rotatable bonds is 9. The number of unbranched alkanes of at least 4 members (excludes halogenated alkanes) is 1. The maximum Gasteiger partial charge on any atom is 0.407 e. The van der Waals surface area contributed by atoms with Gasteiger partial charge in [0.25, 0.3) is 0 Å². The monoisotopic (exact) mass is 275 g/mol. The Balaban J connectivity index is 3.98. The number of aliphatic hydroxyl groups excluding tert-OH is 1. The Morgan fingerprint density at radius 1 is 1.37 bits per heavy atom. The van der Waals surface area contributed by atoms with Crippen LogP contribution in [0.15, 0.2) is 0 Å². The van der Waals surface area contributed by atoms with Crippen LogP contribution in [0.1, 0.15) is 40.0 Å². The van der Waals surface area contributed by atoms with Crippen LogP contribution in [0.3, 0.4) is 0 Å². The van der Waals surface area contributed by atoms with Crippen molar-refractivity contribution >= 4 is 6.09 Å². The van der Waals surface area contributed by atoms with Gasteiger partial charge in [-0.15, -0.1) is 0 Å².